The number of halogens is 1. The average molecular weight is 328 g/mol. The van der Waals surface area contributed by atoms with Crippen LogP contribution >= 0.6 is 15.9 Å². The van der Waals surface area contributed by atoms with E-state index >= 15 is 0 Å². The van der Waals surface area contributed by atoms with Gasteiger partial charge >= 0.3 is 6.09 Å². The molecule has 0 saturated heterocycles. The fraction of sp³-hybridized carbons (Fsp3) is 0.500. The molecule has 0 saturated carbocycles. The summed E-state index contributed by atoms with van der Waals surface area (Å²) < 4.78 is 12.0. The first-order valence-corrected chi connectivity index (χ1v) is 6.95. The molecule has 0 radical (unpaired) electrons. The maximum Gasteiger partial charge on any atom is 0.410 e. The number of fused-ring (bicyclic) bond motifs is 1. The van der Waals surface area contributed by atoms with Crippen molar-refractivity contribution in [1.29, 1.82) is 0 Å². The molecule has 0 bridgehead atoms. The summed E-state index contributed by atoms with van der Waals surface area (Å²) in [6.45, 7) is 6.03. The molecule has 1 heterocycles. The average Bonchev–Trinajstić information content (AvgIpc) is 2.68. The molecule has 104 valence electrons. The number of rotatable bonds is 1. The number of hydrogen-bond acceptors (Lipinski definition) is 3. The van der Waals surface area contributed by atoms with Gasteiger partial charge in [-0.3, -0.25) is 0 Å². The third-order valence-corrected chi connectivity index (χ3v) is 3.37. The van der Waals surface area contributed by atoms with Gasteiger partial charge in [-0.1, -0.05) is 22.0 Å². The van der Waals surface area contributed by atoms with E-state index in [0.29, 0.717) is 6.61 Å². The Bertz CT molecular complexity index is 496. The zero-order chi connectivity index (χ0) is 14.2. The van der Waals surface area contributed by atoms with Gasteiger partial charge in [0.2, 0.25) is 0 Å². The van der Waals surface area contributed by atoms with Gasteiger partial charge in [-0.05, 0) is 32.9 Å². The van der Waals surface area contributed by atoms with E-state index in [-0.39, 0.29) is 12.1 Å². The van der Waals surface area contributed by atoms with Crippen LogP contribution in [0.5, 0.6) is 5.75 Å². The lowest BCUT2D eigenvalue weighted by atomic mass is 10.1. The molecule has 0 spiro atoms. The zero-order valence-corrected chi connectivity index (χ0v) is 13.2. The highest BCUT2D eigenvalue weighted by molar-refractivity contribution is 9.10. The maximum atomic E-state index is 12.1. The van der Waals surface area contributed by atoms with E-state index in [1.54, 1.807) is 11.9 Å². The number of ether oxygens (including phenoxy) is 2. The Morgan fingerprint density at radius 2 is 2.16 bits per heavy atom. The van der Waals surface area contributed by atoms with Crippen LogP contribution in [0.15, 0.2) is 22.7 Å². The number of carbonyl (C=O) groups excluding carboxylic acids is 1. The predicted octanol–water partition coefficient (Wildman–Crippen LogP) is 3.75. The second kappa shape index (κ2) is 5.04. The molecule has 0 aromatic heterocycles. The molecule has 0 N–H and O–H groups in total. The number of benzene rings is 1. The Morgan fingerprint density at radius 3 is 2.79 bits per heavy atom. The van der Waals surface area contributed by atoms with E-state index in [9.17, 15) is 4.79 Å². The molecule has 2 rings (SSSR count). The highest BCUT2D eigenvalue weighted by atomic mass is 79.9. The molecule has 1 aromatic carbocycles. The summed E-state index contributed by atoms with van der Waals surface area (Å²) in [5.74, 6) is 0.815. The molecule has 0 fully saturated rings. The first kappa shape index (κ1) is 14.2. The molecule has 19 heavy (non-hydrogen) atoms. The largest absolute Gasteiger partial charge is 0.491 e. The first-order chi connectivity index (χ1) is 8.78. The summed E-state index contributed by atoms with van der Waals surface area (Å²) in [5.41, 5.74) is 0.518. The van der Waals surface area contributed by atoms with E-state index < -0.39 is 5.60 Å². The van der Waals surface area contributed by atoms with E-state index in [2.05, 4.69) is 15.9 Å². The lowest BCUT2D eigenvalue weighted by Crippen LogP contribution is -2.37. The summed E-state index contributed by atoms with van der Waals surface area (Å²) in [6.07, 6.45) is -0.336. The second-order valence-electron chi connectivity index (χ2n) is 5.60. The third-order valence-electron chi connectivity index (χ3n) is 2.88. The summed E-state index contributed by atoms with van der Waals surface area (Å²) >= 11 is 3.41. The van der Waals surface area contributed by atoms with Crippen molar-refractivity contribution in [3.05, 3.63) is 28.2 Å². The van der Waals surface area contributed by atoms with Crippen molar-refractivity contribution in [2.45, 2.75) is 32.4 Å². The Kier molecular flexibility index (Phi) is 3.76. The van der Waals surface area contributed by atoms with Crippen LogP contribution in [-0.2, 0) is 4.74 Å². The zero-order valence-electron chi connectivity index (χ0n) is 11.6. The summed E-state index contributed by atoms with van der Waals surface area (Å²) in [6, 6.07) is 5.73. The van der Waals surface area contributed by atoms with Crippen LogP contribution in [0.4, 0.5) is 4.79 Å². The predicted molar refractivity (Wildman–Crippen MR) is 76.4 cm³/mol. The number of amides is 1. The number of likely N-dealkylation sites (N-methyl/N-ethyl adjacent to an activating group) is 1. The first-order valence-electron chi connectivity index (χ1n) is 6.16. The Balaban J connectivity index is 2.15. The van der Waals surface area contributed by atoms with Gasteiger partial charge in [-0.15, -0.1) is 0 Å². The maximum absolute atomic E-state index is 12.1. The molecule has 1 unspecified atom stereocenters. The van der Waals surface area contributed by atoms with Crippen molar-refractivity contribution in [3.8, 4) is 5.75 Å². The summed E-state index contributed by atoms with van der Waals surface area (Å²) in [7, 11) is 1.74. The Morgan fingerprint density at radius 1 is 1.47 bits per heavy atom. The Hall–Kier alpha value is -1.23. The van der Waals surface area contributed by atoms with Gasteiger partial charge in [0.05, 0.1) is 6.04 Å². The summed E-state index contributed by atoms with van der Waals surface area (Å²) in [4.78, 5) is 13.6. The van der Waals surface area contributed by atoms with E-state index in [0.717, 1.165) is 15.8 Å². The van der Waals surface area contributed by atoms with Crippen molar-refractivity contribution < 1.29 is 14.3 Å². The quantitative estimate of drug-likeness (QED) is 0.788. The van der Waals surface area contributed by atoms with E-state index in [4.69, 9.17) is 9.47 Å². The fourth-order valence-corrected chi connectivity index (χ4v) is 2.29. The smallest absolute Gasteiger partial charge is 0.410 e. The molecule has 5 heteroatoms. The van der Waals surface area contributed by atoms with Gasteiger partial charge < -0.3 is 14.4 Å². The van der Waals surface area contributed by atoms with Gasteiger partial charge in [0.15, 0.2) is 0 Å². The molecular formula is C14H18BrNO3. The topological polar surface area (TPSA) is 38.8 Å². The Labute approximate surface area is 121 Å². The molecule has 1 aliphatic heterocycles. The molecular weight excluding hydrogens is 310 g/mol. The minimum Gasteiger partial charge on any atom is -0.491 e. The van der Waals surface area contributed by atoms with Gasteiger partial charge in [0.25, 0.3) is 0 Å². The fourth-order valence-electron chi connectivity index (χ4n) is 1.95. The normalized spacial score (nSPS) is 17.6. The van der Waals surface area contributed by atoms with Crippen LogP contribution in [0.25, 0.3) is 0 Å². The molecule has 4 nitrogen and oxygen atoms in total. The highest BCUT2D eigenvalue weighted by Gasteiger charge is 2.32. The van der Waals surface area contributed by atoms with Gasteiger partial charge in [-0.2, -0.15) is 0 Å². The third kappa shape index (κ3) is 3.21. The van der Waals surface area contributed by atoms with Crippen molar-refractivity contribution >= 4 is 22.0 Å². The minimum absolute atomic E-state index is 0.0991. The van der Waals surface area contributed by atoms with Crippen LogP contribution in [0.2, 0.25) is 0 Å². The van der Waals surface area contributed by atoms with Gasteiger partial charge in [0, 0.05) is 17.1 Å². The molecule has 1 atom stereocenters. The van der Waals surface area contributed by atoms with Gasteiger partial charge in [-0.25, -0.2) is 4.79 Å². The molecule has 1 aromatic rings. The standard InChI is InChI=1S/C14H18BrNO3/c1-14(2,3)19-13(17)16(4)11-8-18-12-7-9(15)5-6-10(11)12/h5-7,11H,8H2,1-4H3. The summed E-state index contributed by atoms with van der Waals surface area (Å²) in [5, 5.41) is 0. The van der Waals surface area contributed by atoms with Crippen molar-refractivity contribution in [3.63, 3.8) is 0 Å². The SMILES string of the molecule is CN(C(=O)OC(C)(C)C)C1COc2cc(Br)ccc21. The van der Waals surface area contributed by atoms with Crippen LogP contribution in [-0.4, -0.2) is 30.2 Å². The van der Waals surface area contributed by atoms with Crippen LogP contribution in [0.3, 0.4) is 0 Å². The van der Waals surface area contributed by atoms with Gasteiger partial charge in [0.1, 0.15) is 18.0 Å². The van der Waals surface area contributed by atoms with E-state index in [1.807, 2.05) is 39.0 Å². The van der Waals surface area contributed by atoms with Crippen molar-refractivity contribution in [1.82, 2.24) is 4.90 Å². The van der Waals surface area contributed by atoms with Crippen molar-refractivity contribution in [2.24, 2.45) is 0 Å². The van der Waals surface area contributed by atoms with E-state index in [1.165, 1.54) is 0 Å². The van der Waals surface area contributed by atoms with Crippen molar-refractivity contribution in [2.75, 3.05) is 13.7 Å². The number of carbonyl (C=O) groups is 1. The van der Waals surface area contributed by atoms with Crippen LogP contribution in [0.1, 0.15) is 32.4 Å². The second-order valence-corrected chi connectivity index (χ2v) is 6.52. The minimum atomic E-state index is -0.493. The monoisotopic (exact) mass is 327 g/mol. The van der Waals surface area contributed by atoms with Crippen LogP contribution in [0, 0.1) is 0 Å². The molecule has 0 aliphatic carbocycles. The molecule has 1 amide bonds. The lowest BCUT2D eigenvalue weighted by Gasteiger charge is -2.27. The molecule has 1 aliphatic rings. The highest BCUT2D eigenvalue weighted by Crippen LogP contribution is 2.37. The number of nitrogens with zero attached hydrogens (tertiary/aromatic N) is 1. The number of hydrogen-bond donors (Lipinski definition) is 0. The van der Waals surface area contributed by atoms with Crippen LogP contribution < -0.4 is 4.74 Å². The lowest BCUT2D eigenvalue weighted by molar-refractivity contribution is 0.0201.